The van der Waals surface area contributed by atoms with Gasteiger partial charge in [0.1, 0.15) is 0 Å². The van der Waals surface area contributed by atoms with Gasteiger partial charge in [0.15, 0.2) is 0 Å². The molecular weight excluding hydrogens is 300 g/mol. The molecule has 0 fully saturated rings. The highest BCUT2D eigenvalue weighted by Gasteiger charge is 2.06. The maximum Gasteiger partial charge on any atom is 0.0942 e. The first-order chi connectivity index (χ1) is 11.8. The van der Waals surface area contributed by atoms with Crippen LogP contribution in [0.25, 0.3) is 23.1 Å². The van der Waals surface area contributed by atoms with Crippen molar-refractivity contribution in [2.75, 3.05) is 18.5 Å². The molecule has 0 aliphatic heterocycles. The van der Waals surface area contributed by atoms with Crippen molar-refractivity contribution < 1.29 is 10.2 Å². The molecule has 1 heterocycles. The van der Waals surface area contributed by atoms with Gasteiger partial charge in [-0.3, -0.25) is 0 Å². The molecule has 0 saturated heterocycles. The van der Waals surface area contributed by atoms with E-state index in [1.165, 1.54) is 0 Å². The number of aromatic nitrogens is 1. The normalized spacial score (nSPS) is 12.6. The average Bonchev–Trinajstić information content (AvgIpc) is 2.65. The lowest BCUT2D eigenvalue weighted by molar-refractivity contribution is 0.105. The molecule has 0 radical (unpaired) electrons. The predicted molar refractivity (Wildman–Crippen MR) is 98.7 cm³/mol. The first kappa shape index (κ1) is 16.2. The number of fused-ring (bicyclic) bond motifs is 1. The van der Waals surface area contributed by atoms with Crippen LogP contribution >= 0.6 is 0 Å². The summed E-state index contributed by atoms with van der Waals surface area (Å²) in [6.45, 7) is 0.0170. The Balaban J connectivity index is 1.92. The SMILES string of the molecule is OC[C@@H](O)CNc1cc(/C=C/c2ccccc2)nc2ccccc12. The maximum atomic E-state index is 9.57. The van der Waals surface area contributed by atoms with E-state index in [-0.39, 0.29) is 13.2 Å². The van der Waals surface area contributed by atoms with Crippen LogP contribution in [-0.4, -0.2) is 34.5 Å². The lowest BCUT2D eigenvalue weighted by Gasteiger charge is -2.13. The van der Waals surface area contributed by atoms with Crippen molar-refractivity contribution in [3.63, 3.8) is 0 Å². The molecule has 0 unspecified atom stereocenters. The number of anilines is 1. The third-order valence-corrected chi connectivity index (χ3v) is 3.72. The average molecular weight is 320 g/mol. The van der Waals surface area contributed by atoms with E-state index in [1.807, 2.05) is 72.8 Å². The molecule has 2 aromatic carbocycles. The fraction of sp³-hybridized carbons (Fsp3) is 0.150. The van der Waals surface area contributed by atoms with Crippen LogP contribution in [-0.2, 0) is 0 Å². The van der Waals surface area contributed by atoms with Gasteiger partial charge >= 0.3 is 0 Å². The molecule has 4 heteroatoms. The Labute approximate surface area is 141 Å². The second-order valence-electron chi connectivity index (χ2n) is 5.57. The molecule has 0 saturated carbocycles. The Morgan fingerprint density at radius 3 is 2.54 bits per heavy atom. The lowest BCUT2D eigenvalue weighted by atomic mass is 10.1. The van der Waals surface area contributed by atoms with Crippen molar-refractivity contribution in [1.82, 2.24) is 4.98 Å². The number of para-hydroxylation sites is 1. The fourth-order valence-corrected chi connectivity index (χ4v) is 2.47. The third kappa shape index (κ3) is 3.98. The molecule has 0 spiro atoms. The van der Waals surface area contributed by atoms with Gasteiger partial charge in [-0.05, 0) is 23.8 Å². The molecule has 0 aliphatic carbocycles. The zero-order valence-electron chi connectivity index (χ0n) is 13.3. The summed E-state index contributed by atoms with van der Waals surface area (Å²) in [6.07, 6.45) is 3.19. The molecule has 4 nitrogen and oxygen atoms in total. The molecule has 0 aliphatic rings. The van der Waals surface area contributed by atoms with Gasteiger partial charge in [-0.25, -0.2) is 4.98 Å². The Morgan fingerprint density at radius 2 is 1.75 bits per heavy atom. The maximum absolute atomic E-state index is 9.57. The standard InChI is InChI=1S/C20H20N2O2/c23-14-17(24)13-21-20-12-16(11-10-15-6-2-1-3-7-15)22-19-9-5-4-8-18(19)20/h1-12,17,23-24H,13-14H2,(H,21,22)/b11-10+/t17-/m0/s1. The van der Waals surface area contributed by atoms with Crippen molar-refractivity contribution in [3.8, 4) is 0 Å². The molecule has 122 valence electrons. The van der Waals surface area contributed by atoms with E-state index in [9.17, 15) is 5.11 Å². The molecular formula is C20H20N2O2. The summed E-state index contributed by atoms with van der Waals surface area (Å²) in [4.78, 5) is 4.66. The van der Waals surface area contributed by atoms with Crippen LogP contribution < -0.4 is 5.32 Å². The molecule has 0 amide bonds. The first-order valence-electron chi connectivity index (χ1n) is 7.92. The predicted octanol–water partition coefficient (Wildman–Crippen LogP) is 3.17. The highest BCUT2D eigenvalue weighted by Crippen LogP contribution is 2.24. The molecule has 1 atom stereocenters. The van der Waals surface area contributed by atoms with Gasteiger partial charge in [0, 0.05) is 17.6 Å². The number of aliphatic hydroxyl groups is 2. The number of benzene rings is 2. The Morgan fingerprint density at radius 1 is 1.00 bits per heavy atom. The number of pyridine rings is 1. The number of aliphatic hydroxyl groups excluding tert-OH is 2. The molecule has 24 heavy (non-hydrogen) atoms. The Kier molecular flexibility index (Phi) is 5.21. The van der Waals surface area contributed by atoms with Gasteiger partial charge in [-0.15, -0.1) is 0 Å². The highest BCUT2D eigenvalue weighted by atomic mass is 16.3. The van der Waals surface area contributed by atoms with Crippen molar-refractivity contribution >= 4 is 28.7 Å². The molecule has 3 N–H and O–H groups in total. The van der Waals surface area contributed by atoms with Gasteiger partial charge in [0.05, 0.1) is 23.9 Å². The van der Waals surface area contributed by atoms with Crippen LogP contribution in [0.4, 0.5) is 5.69 Å². The van der Waals surface area contributed by atoms with Crippen LogP contribution in [0, 0.1) is 0 Å². The fourth-order valence-electron chi connectivity index (χ4n) is 2.47. The van der Waals surface area contributed by atoms with E-state index < -0.39 is 6.10 Å². The van der Waals surface area contributed by atoms with Gasteiger partial charge in [-0.2, -0.15) is 0 Å². The Hall–Kier alpha value is -2.69. The van der Waals surface area contributed by atoms with Crippen LogP contribution in [0.2, 0.25) is 0 Å². The van der Waals surface area contributed by atoms with Crippen LogP contribution in [0.1, 0.15) is 11.3 Å². The smallest absolute Gasteiger partial charge is 0.0942 e. The molecule has 3 aromatic rings. The van der Waals surface area contributed by atoms with Gasteiger partial charge < -0.3 is 15.5 Å². The number of hydrogen-bond acceptors (Lipinski definition) is 4. The van der Waals surface area contributed by atoms with Gasteiger partial charge in [0.2, 0.25) is 0 Å². The second-order valence-corrected chi connectivity index (χ2v) is 5.57. The minimum Gasteiger partial charge on any atom is -0.394 e. The van der Waals surface area contributed by atoms with E-state index in [4.69, 9.17) is 5.11 Å². The zero-order valence-corrected chi connectivity index (χ0v) is 13.3. The van der Waals surface area contributed by atoms with E-state index in [0.717, 1.165) is 27.8 Å². The van der Waals surface area contributed by atoms with Crippen molar-refractivity contribution in [2.24, 2.45) is 0 Å². The summed E-state index contributed by atoms with van der Waals surface area (Å²) in [5, 5.41) is 22.7. The van der Waals surface area contributed by atoms with Crippen molar-refractivity contribution in [1.29, 1.82) is 0 Å². The molecule has 3 rings (SSSR count). The number of nitrogens with zero attached hydrogens (tertiary/aromatic N) is 1. The minimum absolute atomic E-state index is 0.267. The van der Waals surface area contributed by atoms with Gasteiger partial charge in [0.25, 0.3) is 0 Å². The molecule has 0 bridgehead atoms. The summed E-state index contributed by atoms with van der Waals surface area (Å²) in [6, 6.07) is 19.9. The van der Waals surface area contributed by atoms with E-state index in [2.05, 4.69) is 10.3 Å². The summed E-state index contributed by atoms with van der Waals surface area (Å²) < 4.78 is 0. The van der Waals surface area contributed by atoms with E-state index in [0.29, 0.717) is 0 Å². The van der Waals surface area contributed by atoms with Crippen LogP contribution in [0.15, 0.2) is 60.7 Å². The molecule has 1 aromatic heterocycles. The summed E-state index contributed by atoms with van der Waals surface area (Å²) >= 11 is 0. The monoisotopic (exact) mass is 320 g/mol. The van der Waals surface area contributed by atoms with E-state index in [1.54, 1.807) is 0 Å². The van der Waals surface area contributed by atoms with E-state index >= 15 is 0 Å². The Bertz CT molecular complexity index is 831. The number of hydrogen-bond donors (Lipinski definition) is 3. The summed E-state index contributed by atoms with van der Waals surface area (Å²) in [5.74, 6) is 0. The number of rotatable bonds is 6. The summed E-state index contributed by atoms with van der Waals surface area (Å²) in [5.41, 5.74) is 3.71. The minimum atomic E-state index is -0.791. The van der Waals surface area contributed by atoms with Crippen molar-refractivity contribution in [3.05, 3.63) is 71.9 Å². The third-order valence-electron chi connectivity index (χ3n) is 3.72. The largest absolute Gasteiger partial charge is 0.394 e. The summed E-state index contributed by atoms with van der Waals surface area (Å²) in [7, 11) is 0. The van der Waals surface area contributed by atoms with Crippen LogP contribution in [0.5, 0.6) is 0 Å². The second kappa shape index (κ2) is 7.73. The van der Waals surface area contributed by atoms with Gasteiger partial charge in [-0.1, -0.05) is 54.6 Å². The quantitative estimate of drug-likeness (QED) is 0.653. The van der Waals surface area contributed by atoms with Crippen molar-refractivity contribution in [2.45, 2.75) is 6.10 Å². The highest BCUT2D eigenvalue weighted by molar-refractivity contribution is 5.92. The lowest BCUT2D eigenvalue weighted by Crippen LogP contribution is -2.23. The van der Waals surface area contributed by atoms with Crippen LogP contribution in [0.3, 0.4) is 0 Å². The number of nitrogens with one attached hydrogen (secondary N) is 1. The topological polar surface area (TPSA) is 65.4 Å². The zero-order chi connectivity index (χ0) is 16.8. The first-order valence-corrected chi connectivity index (χ1v) is 7.92.